The van der Waals surface area contributed by atoms with Gasteiger partial charge in [-0.3, -0.25) is 9.59 Å². The third-order valence-electron chi connectivity index (χ3n) is 5.85. The standard InChI is InChI=1S/C21H23F2N3O5S/c22-15-5-3-6-16(23)19(15)32(29,30)25-12-10-24(11-13-25)20(27)17-7-1-2-9-26(17)21(28)18-8-4-14-31-18/h3-6,8,14,17H,1-2,7,9-13H2. The minimum absolute atomic E-state index is 0.0629. The topological polar surface area (TPSA) is 91.1 Å². The van der Waals surface area contributed by atoms with E-state index in [-0.39, 0.29) is 43.8 Å². The number of hydrogen-bond donors (Lipinski definition) is 0. The molecule has 1 atom stereocenters. The number of likely N-dealkylation sites (tertiary alicyclic amines) is 1. The third kappa shape index (κ3) is 4.14. The summed E-state index contributed by atoms with van der Waals surface area (Å²) in [4.78, 5) is 28.0. The second-order valence-electron chi connectivity index (χ2n) is 7.77. The van der Waals surface area contributed by atoms with Crippen LogP contribution in [0.1, 0.15) is 29.8 Å². The van der Waals surface area contributed by atoms with Gasteiger partial charge in [-0.15, -0.1) is 0 Å². The highest BCUT2D eigenvalue weighted by molar-refractivity contribution is 7.89. The average Bonchev–Trinajstić information content (AvgIpc) is 3.33. The van der Waals surface area contributed by atoms with Gasteiger partial charge >= 0.3 is 0 Å². The molecular weight excluding hydrogens is 444 g/mol. The molecule has 2 amide bonds. The number of piperidine rings is 1. The lowest BCUT2D eigenvalue weighted by atomic mass is 10.00. The fourth-order valence-corrected chi connectivity index (χ4v) is 5.72. The molecule has 0 bridgehead atoms. The molecule has 0 aliphatic carbocycles. The lowest BCUT2D eigenvalue weighted by Gasteiger charge is -2.40. The van der Waals surface area contributed by atoms with Crippen LogP contribution < -0.4 is 0 Å². The van der Waals surface area contributed by atoms with Gasteiger partial charge in [-0.1, -0.05) is 6.07 Å². The van der Waals surface area contributed by atoms with Crippen molar-refractivity contribution in [3.8, 4) is 0 Å². The molecule has 1 aromatic carbocycles. The normalized spacial score (nSPS) is 20.4. The maximum Gasteiger partial charge on any atom is 0.290 e. The van der Waals surface area contributed by atoms with Crippen molar-refractivity contribution in [2.75, 3.05) is 32.7 Å². The van der Waals surface area contributed by atoms with E-state index in [0.29, 0.717) is 13.0 Å². The Morgan fingerprint density at radius 3 is 2.25 bits per heavy atom. The van der Waals surface area contributed by atoms with Crippen molar-refractivity contribution >= 4 is 21.8 Å². The summed E-state index contributed by atoms with van der Waals surface area (Å²) >= 11 is 0. The van der Waals surface area contributed by atoms with Crippen molar-refractivity contribution in [1.82, 2.24) is 14.1 Å². The van der Waals surface area contributed by atoms with E-state index in [1.807, 2.05) is 0 Å². The van der Waals surface area contributed by atoms with E-state index < -0.39 is 32.6 Å². The van der Waals surface area contributed by atoms with Crippen LogP contribution in [0.3, 0.4) is 0 Å². The Kier molecular flexibility index (Phi) is 6.29. The van der Waals surface area contributed by atoms with Crippen LogP contribution in [0.5, 0.6) is 0 Å². The van der Waals surface area contributed by atoms with Crippen LogP contribution in [0.2, 0.25) is 0 Å². The molecule has 2 aliphatic heterocycles. The number of hydrogen-bond acceptors (Lipinski definition) is 5. The molecule has 11 heteroatoms. The summed E-state index contributed by atoms with van der Waals surface area (Å²) in [5.74, 6) is -2.77. The highest BCUT2D eigenvalue weighted by Gasteiger charge is 2.39. The monoisotopic (exact) mass is 467 g/mol. The molecule has 172 valence electrons. The van der Waals surface area contributed by atoms with Gasteiger partial charge in [0.25, 0.3) is 5.91 Å². The lowest BCUT2D eigenvalue weighted by molar-refractivity contribution is -0.138. The molecular formula is C21H23F2N3O5S. The molecule has 3 heterocycles. The zero-order chi connectivity index (χ0) is 22.9. The Bertz CT molecular complexity index is 1080. The number of rotatable bonds is 4. The van der Waals surface area contributed by atoms with Crippen LogP contribution in [-0.2, 0) is 14.8 Å². The highest BCUT2D eigenvalue weighted by Crippen LogP contribution is 2.25. The molecule has 2 aromatic rings. The van der Waals surface area contributed by atoms with Crippen molar-refractivity contribution in [3.05, 3.63) is 54.0 Å². The van der Waals surface area contributed by atoms with Crippen LogP contribution in [0.25, 0.3) is 0 Å². The van der Waals surface area contributed by atoms with Crippen molar-refractivity contribution in [1.29, 1.82) is 0 Å². The van der Waals surface area contributed by atoms with E-state index >= 15 is 0 Å². The predicted octanol–water partition coefficient (Wildman–Crippen LogP) is 2.09. The molecule has 1 unspecified atom stereocenters. The van der Waals surface area contributed by atoms with Gasteiger partial charge in [0.05, 0.1) is 6.26 Å². The number of piperazine rings is 1. The molecule has 0 saturated carbocycles. The number of carbonyl (C=O) groups excluding carboxylic acids is 2. The molecule has 0 radical (unpaired) electrons. The molecule has 0 N–H and O–H groups in total. The molecule has 0 spiro atoms. The summed E-state index contributed by atoms with van der Waals surface area (Å²) in [5.41, 5.74) is 0. The number of furan rings is 1. The summed E-state index contributed by atoms with van der Waals surface area (Å²) in [7, 11) is -4.38. The highest BCUT2D eigenvalue weighted by atomic mass is 32.2. The van der Waals surface area contributed by atoms with Gasteiger partial charge in [-0.25, -0.2) is 17.2 Å². The van der Waals surface area contributed by atoms with Gasteiger partial charge < -0.3 is 14.2 Å². The number of nitrogens with zero attached hydrogens (tertiary/aromatic N) is 3. The van der Waals surface area contributed by atoms with Crippen molar-refractivity contribution in [2.45, 2.75) is 30.2 Å². The van der Waals surface area contributed by atoms with Crippen molar-refractivity contribution in [2.24, 2.45) is 0 Å². The Balaban J connectivity index is 1.45. The third-order valence-corrected chi connectivity index (χ3v) is 7.80. The Labute approximate surface area is 184 Å². The summed E-state index contributed by atoms with van der Waals surface area (Å²) in [6, 6.07) is 5.37. The minimum Gasteiger partial charge on any atom is -0.459 e. The van der Waals surface area contributed by atoms with E-state index in [9.17, 15) is 26.8 Å². The Morgan fingerprint density at radius 2 is 1.62 bits per heavy atom. The molecule has 2 aliphatic rings. The smallest absolute Gasteiger partial charge is 0.290 e. The predicted molar refractivity (Wildman–Crippen MR) is 109 cm³/mol. The molecule has 4 rings (SSSR count). The summed E-state index contributed by atoms with van der Waals surface area (Å²) in [6.45, 7) is 0.360. The van der Waals surface area contributed by atoms with Gasteiger partial charge in [-0.2, -0.15) is 4.31 Å². The first kappa shape index (κ1) is 22.4. The fraction of sp³-hybridized carbons (Fsp3) is 0.429. The zero-order valence-corrected chi connectivity index (χ0v) is 18.1. The molecule has 8 nitrogen and oxygen atoms in total. The van der Waals surface area contributed by atoms with Crippen LogP contribution in [0.4, 0.5) is 8.78 Å². The maximum atomic E-state index is 14.0. The second-order valence-corrected chi connectivity index (χ2v) is 9.64. The maximum absolute atomic E-state index is 14.0. The fourth-order valence-electron chi connectivity index (χ4n) is 4.19. The summed E-state index contributed by atoms with van der Waals surface area (Å²) < 4.78 is 59.7. The summed E-state index contributed by atoms with van der Waals surface area (Å²) in [6.07, 6.45) is 3.46. The lowest BCUT2D eigenvalue weighted by Crippen LogP contribution is -2.57. The quantitative estimate of drug-likeness (QED) is 0.687. The zero-order valence-electron chi connectivity index (χ0n) is 17.2. The molecule has 32 heavy (non-hydrogen) atoms. The Hall–Kier alpha value is -2.79. The number of benzene rings is 1. The van der Waals surface area contributed by atoms with E-state index in [2.05, 4.69) is 0 Å². The minimum atomic E-state index is -4.38. The Morgan fingerprint density at radius 1 is 0.938 bits per heavy atom. The first-order valence-corrected chi connectivity index (χ1v) is 11.8. The largest absolute Gasteiger partial charge is 0.459 e. The van der Waals surface area contributed by atoms with Gasteiger partial charge in [0.15, 0.2) is 10.7 Å². The number of amides is 2. The van der Waals surface area contributed by atoms with E-state index in [1.54, 1.807) is 12.1 Å². The van der Waals surface area contributed by atoms with E-state index in [4.69, 9.17) is 4.42 Å². The molecule has 2 saturated heterocycles. The van der Waals surface area contributed by atoms with Crippen LogP contribution in [0.15, 0.2) is 45.9 Å². The van der Waals surface area contributed by atoms with Crippen molar-refractivity contribution < 1.29 is 31.2 Å². The summed E-state index contributed by atoms with van der Waals surface area (Å²) in [5, 5.41) is 0. The van der Waals surface area contributed by atoms with Gasteiger partial charge in [0.2, 0.25) is 15.9 Å². The number of halogens is 2. The second kappa shape index (κ2) is 8.99. The van der Waals surface area contributed by atoms with Crippen LogP contribution >= 0.6 is 0 Å². The SMILES string of the molecule is O=C(C1CCCCN1C(=O)c1ccco1)N1CCN(S(=O)(=O)c2c(F)cccc2F)CC1. The van der Waals surface area contributed by atoms with E-state index in [0.717, 1.165) is 35.3 Å². The van der Waals surface area contributed by atoms with Crippen LogP contribution in [-0.4, -0.2) is 73.1 Å². The average molecular weight is 467 g/mol. The molecule has 1 aromatic heterocycles. The number of sulfonamides is 1. The first-order chi connectivity index (χ1) is 15.3. The number of carbonyl (C=O) groups is 2. The van der Waals surface area contributed by atoms with Gasteiger partial charge in [0.1, 0.15) is 17.7 Å². The van der Waals surface area contributed by atoms with E-state index in [1.165, 1.54) is 16.1 Å². The van der Waals surface area contributed by atoms with Crippen molar-refractivity contribution in [3.63, 3.8) is 0 Å². The first-order valence-electron chi connectivity index (χ1n) is 10.4. The van der Waals surface area contributed by atoms with Gasteiger partial charge in [0, 0.05) is 32.7 Å². The molecule has 2 fully saturated rings. The van der Waals surface area contributed by atoms with Crippen LogP contribution in [0, 0.1) is 11.6 Å². The van der Waals surface area contributed by atoms with Gasteiger partial charge in [-0.05, 0) is 43.5 Å².